The lowest BCUT2D eigenvalue weighted by molar-refractivity contribution is -0.141. The Hall–Kier alpha value is -3.24. The standard InChI is InChI=1S/C19H25F3N6O2/c1-23-17(24-8-6-13-4-5-14(29-2)15(12-13)30-3)26-10-11-27-18-25-9-7-16(28-18)19(20,21)22/h4-5,7,9,12H,6,8,10-11H2,1-3H3,(H2,23,24,26)(H,25,27,28). The van der Waals surface area contributed by atoms with Crippen LogP contribution in [0.5, 0.6) is 11.5 Å². The molecule has 30 heavy (non-hydrogen) atoms. The molecule has 1 heterocycles. The Morgan fingerprint density at radius 1 is 1.03 bits per heavy atom. The second-order valence-corrected chi connectivity index (χ2v) is 6.06. The summed E-state index contributed by atoms with van der Waals surface area (Å²) in [6, 6.07) is 6.55. The number of hydrogen-bond acceptors (Lipinski definition) is 6. The van der Waals surface area contributed by atoms with Gasteiger partial charge in [-0.05, 0) is 30.2 Å². The largest absolute Gasteiger partial charge is 0.493 e. The van der Waals surface area contributed by atoms with Gasteiger partial charge in [-0.25, -0.2) is 9.97 Å². The van der Waals surface area contributed by atoms with E-state index in [-0.39, 0.29) is 5.95 Å². The quantitative estimate of drug-likeness (QED) is 0.322. The van der Waals surface area contributed by atoms with E-state index < -0.39 is 11.9 Å². The second-order valence-electron chi connectivity index (χ2n) is 6.06. The van der Waals surface area contributed by atoms with E-state index in [1.807, 2.05) is 18.2 Å². The van der Waals surface area contributed by atoms with Gasteiger partial charge in [0.1, 0.15) is 5.69 Å². The molecule has 1 aromatic carbocycles. The normalized spacial score (nSPS) is 11.7. The van der Waals surface area contributed by atoms with Crippen LogP contribution in [0, 0.1) is 0 Å². The van der Waals surface area contributed by atoms with Gasteiger partial charge < -0.3 is 25.4 Å². The molecular weight excluding hydrogens is 401 g/mol. The van der Waals surface area contributed by atoms with Gasteiger partial charge >= 0.3 is 6.18 Å². The first-order valence-electron chi connectivity index (χ1n) is 9.17. The minimum atomic E-state index is -4.50. The number of nitrogens with zero attached hydrogens (tertiary/aromatic N) is 3. The van der Waals surface area contributed by atoms with E-state index in [9.17, 15) is 13.2 Å². The third-order valence-electron chi connectivity index (χ3n) is 4.02. The number of guanidine groups is 1. The van der Waals surface area contributed by atoms with Crippen LogP contribution < -0.4 is 25.4 Å². The van der Waals surface area contributed by atoms with E-state index in [1.165, 1.54) is 0 Å². The fourth-order valence-electron chi connectivity index (χ4n) is 2.54. The summed E-state index contributed by atoms with van der Waals surface area (Å²) in [6.07, 6.45) is -2.70. The minimum Gasteiger partial charge on any atom is -0.493 e. The fourth-order valence-corrected chi connectivity index (χ4v) is 2.54. The van der Waals surface area contributed by atoms with E-state index in [4.69, 9.17) is 9.47 Å². The Balaban J connectivity index is 1.74. The zero-order chi connectivity index (χ0) is 22.0. The molecule has 0 fully saturated rings. The number of aliphatic imine (C=N–C) groups is 1. The first kappa shape index (κ1) is 23.0. The van der Waals surface area contributed by atoms with E-state index in [0.717, 1.165) is 24.2 Å². The Labute approximate surface area is 172 Å². The SMILES string of the molecule is CN=C(NCCNc1nccc(C(F)(F)F)n1)NCCc1ccc(OC)c(OC)c1. The van der Waals surface area contributed by atoms with Crippen molar-refractivity contribution in [1.29, 1.82) is 0 Å². The number of anilines is 1. The van der Waals surface area contributed by atoms with Gasteiger partial charge in [-0.3, -0.25) is 4.99 Å². The van der Waals surface area contributed by atoms with Crippen LogP contribution in [0.3, 0.4) is 0 Å². The molecule has 3 N–H and O–H groups in total. The summed E-state index contributed by atoms with van der Waals surface area (Å²) in [6.45, 7) is 1.35. The zero-order valence-electron chi connectivity index (χ0n) is 17.0. The molecule has 0 unspecified atom stereocenters. The molecule has 0 saturated heterocycles. The van der Waals surface area contributed by atoms with Gasteiger partial charge in [0.25, 0.3) is 0 Å². The summed E-state index contributed by atoms with van der Waals surface area (Å²) >= 11 is 0. The summed E-state index contributed by atoms with van der Waals surface area (Å²) in [5.41, 5.74) is 0.0829. The number of hydrogen-bond donors (Lipinski definition) is 3. The van der Waals surface area contributed by atoms with Gasteiger partial charge in [0.05, 0.1) is 14.2 Å². The summed E-state index contributed by atoms with van der Waals surface area (Å²) in [5.74, 6) is 1.83. The second kappa shape index (κ2) is 11.1. The summed E-state index contributed by atoms with van der Waals surface area (Å²) in [5, 5.41) is 8.98. The first-order valence-corrected chi connectivity index (χ1v) is 9.17. The number of nitrogens with one attached hydrogen (secondary N) is 3. The Morgan fingerprint density at radius 2 is 1.77 bits per heavy atom. The summed E-state index contributed by atoms with van der Waals surface area (Å²) < 4.78 is 48.5. The highest BCUT2D eigenvalue weighted by Gasteiger charge is 2.32. The topological polar surface area (TPSA) is 92.7 Å². The van der Waals surface area contributed by atoms with Gasteiger partial charge in [0, 0.05) is 32.9 Å². The maximum Gasteiger partial charge on any atom is 0.433 e. The molecule has 1 aromatic heterocycles. The van der Waals surface area contributed by atoms with Crippen molar-refractivity contribution in [3.8, 4) is 11.5 Å². The molecule has 11 heteroatoms. The van der Waals surface area contributed by atoms with Crippen molar-refractivity contribution in [2.75, 3.05) is 46.2 Å². The van der Waals surface area contributed by atoms with Crippen molar-refractivity contribution in [2.45, 2.75) is 12.6 Å². The lowest BCUT2D eigenvalue weighted by atomic mass is 10.1. The number of aromatic nitrogens is 2. The number of rotatable bonds is 9. The van der Waals surface area contributed by atoms with Gasteiger partial charge in [0.2, 0.25) is 5.95 Å². The third kappa shape index (κ3) is 6.98. The Bertz CT molecular complexity index is 845. The van der Waals surface area contributed by atoms with Crippen LogP contribution in [-0.4, -0.2) is 56.8 Å². The first-order chi connectivity index (χ1) is 14.4. The highest BCUT2D eigenvalue weighted by molar-refractivity contribution is 5.79. The van der Waals surface area contributed by atoms with Crippen LogP contribution in [0.4, 0.5) is 19.1 Å². The van der Waals surface area contributed by atoms with Crippen LogP contribution in [0.2, 0.25) is 0 Å². The lowest BCUT2D eigenvalue weighted by Gasteiger charge is -2.13. The number of ether oxygens (including phenoxy) is 2. The van der Waals surface area contributed by atoms with Crippen LogP contribution in [-0.2, 0) is 12.6 Å². The van der Waals surface area contributed by atoms with Crippen LogP contribution in [0.1, 0.15) is 11.3 Å². The van der Waals surface area contributed by atoms with Crippen LogP contribution in [0.15, 0.2) is 35.5 Å². The van der Waals surface area contributed by atoms with Crippen LogP contribution >= 0.6 is 0 Å². The average molecular weight is 426 g/mol. The Morgan fingerprint density at radius 3 is 2.43 bits per heavy atom. The molecule has 0 saturated carbocycles. The molecule has 0 aliphatic rings. The van der Waals surface area contributed by atoms with Crippen molar-refractivity contribution < 1.29 is 22.6 Å². The third-order valence-corrected chi connectivity index (χ3v) is 4.02. The fraction of sp³-hybridized carbons (Fsp3) is 0.421. The molecule has 0 amide bonds. The molecule has 164 valence electrons. The maximum atomic E-state index is 12.7. The summed E-state index contributed by atoms with van der Waals surface area (Å²) in [4.78, 5) is 11.3. The molecular formula is C19H25F3N6O2. The van der Waals surface area contributed by atoms with Crippen LogP contribution in [0.25, 0.3) is 0 Å². The molecule has 2 aromatic rings. The van der Waals surface area contributed by atoms with Crippen molar-refractivity contribution >= 4 is 11.9 Å². The van der Waals surface area contributed by atoms with Crippen molar-refractivity contribution in [1.82, 2.24) is 20.6 Å². The molecule has 0 atom stereocenters. The molecule has 0 aliphatic heterocycles. The number of methoxy groups -OCH3 is 2. The van der Waals surface area contributed by atoms with Crippen molar-refractivity contribution in [3.63, 3.8) is 0 Å². The van der Waals surface area contributed by atoms with E-state index in [2.05, 4.69) is 30.9 Å². The smallest absolute Gasteiger partial charge is 0.433 e. The van der Waals surface area contributed by atoms with Gasteiger partial charge in [0.15, 0.2) is 17.5 Å². The molecule has 8 nitrogen and oxygen atoms in total. The lowest BCUT2D eigenvalue weighted by Crippen LogP contribution is -2.40. The number of benzene rings is 1. The zero-order valence-corrected chi connectivity index (χ0v) is 17.0. The predicted molar refractivity (Wildman–Crippen MR) is 108 cm³/mol. The molecule has 0 aliphatic carbocycles. The minimum absolute atomic E-state index is 0.0805. The highest BCUT2D eigenvalue weighted by atomic mass is 19.4. The Kier molecular flexibility index (Phi) is 8.51. The highest BCUT2D eigenvalue weighted by Crippen LogP contribution is 2.28. The number of halogens is 3. The molecule has 0 bridgehead atoms. The van der Waals surface area contributed by atoms with Gasteiger partial charge in [-0.2, -0.15) is 13.2 Å². The van der Waals surface area contributed by atoms with Gasteiger partial charge in [-0.1, -0.05) is 6.07 Å². The molecule has 2 rings (SSSR count). The van der Waals surface area contributed by atoms with E-state index >= 15 is 0 Å². The molecule has 0 spiro atoms. The summed E-state index contributed by atoms with van der Waals surface area (Å²) in [7, 11) is 4.81. The van der Waals surface area contributed by atoms with Crippen molar-refractivity contribution in [2.24, 2.45) is 4.99 Å². The number of alkyl halides is 3. The predicted octanol–water partition coefficient (Wildman–Crippen LogP) is 2.33. The van der Waals surface area contributed by atoms with E-state index in [1.54, 1.807) is 21.3 Å². The van der Waals surface area contributed by atoms with Crippen molar-refractivity contribution in [3.05, 3.63) is 41.7 Å². The molecule has 0 radical (unpaired) electrons. The van der Waals surface area contributed by atoms with Gasteiger partial charge in [-0.15, -0.1) is 0 Å². The van der Waals surface area contributed by atoms with E-state index in [0.29, 0.717) is 37.1 Å². The monoisotopic (exact) mass is 426 g/mol. The maximum absolute atomic E-state index is 12.7. The average Bonchev–Trinajstić information content (AvgIpc) is 2.74.